The number of ether oxygens (including phenoxy) is 7. The van der Waals surface area contributed by atoms with Gasteiger partial charge in [-0.1, -0.05) is 127 Å². The third-order valence-corrected chi connectivity index (χ3v) is 9.71. The van der Waals surface area contributed by atoms with Crippen molar-refractivity contribution >= 4 is 5.97 Å². The molecule has 2 heterocycles. The van der Waals surface area contributed by atoms with Gasteiger partial charge in [-0.2, -0.15) is 0 Å². The predicted octanol–water partition coefficient (Wildman–Crippen LogP) is 6.48. The smallest absolute Gasteiger partial charge is 0.324 e. The van der Waals surface area contributed by atoms with Gasteiger partial charge in [-0.3, -0.25) is 9.69 Å². The molecule has 1 unspecified atom stereocenters. The van der Waals surface area contributed by atoms with Crippen LogP contribution in [0.2, 0.25) is 0 Å². The molecule has 0 amide bonds. The summed E-state index contributed by atoms with van der Waals surface area (Å²) in [7, 11) is 0. The first-order valence-corrected chi connectivity index (χ1v) is 18.6. The Bertz CT molecular complexity index is 1840. The summed E-state index contributed by atoms with van der Waals surface area (Å²) in [6.45, 7) is 2.04. The fourth-order valence-electron chi connectivity index (χ4n) is 6.75. The molecule has 0 saturated carbocycles. The highest BCUT2D eigenvalue weighted by atomic mass is 16.7. The SMILES string of the molecule is O=C(O[C@@H]([C@H](O)[C@H]1COCO1)[C@H]1COCO1)C(Cc1ccc(OCc2ccccc2)c(OCc2ccccc2)c1)N(Cc1ccccc1)Cc1ccccc1. The zero-order chi connectivity index (χ0) is 37.7. The molecular formula is C45H47NO9. The van der Waals surface area contributed by atoms with Crippen molar-refractivity contribution in [1.82, 2.24) is 4.90 Å². The van der Waals surface area contributed by atoms with Gasteiger partial charge >= 0.3 is 5.97 Å². The molecule has 5 atom stereocenters. The Hall–Kier alpha value is -5.07. The van der Waals surface area contributed by atoms with E-state index >= 15 is 0 Å². The number of hydrogen-bond donors (Lipinski definition) is 1. The topological polar surface area (TPSA) is 105 Å². The fourth-order valence-corrected chi connectivity index (χ4v) is 6.75. The lowest BCUT2D eigenvalue weighted by Gasteiger charge is -2.34. The van der Waals surface area contributed by atoms with Gasteiger partial charge in [0.1, 0.15) is 51.2 Å². The van der Waals surface area contributed by atoms with Crippen molar-refractivity contribution in [3.63, 3.8) is 0 Å². The maximum atomic E-state index is 14.8. The molecule has 2 aliphatic rings. The predicted molar refractivity (Wildman–Crippen MR) is 205 cm³/mol. The molecule has 286 valence electrons. The van der Waals surface area contributed by atoms with E-state index in [0.29, 0.717) is 37.8 Å². The Kier molecular flexibility index (Phi) is 13.5. The van der Waals surface area contributed by atoms with Crippen LogP contribution in [0.4, 0.5) is 0 Å². The van der Waals surface area contributed by atoms with E-state index in [0.717, 1.165) is 27.8 Å². The van der Waals surface area contributed by atoms with Crippen LogP contribution in [0.5, 0.6) is 11.5 Å². The van der Waals surface area contributed by atoms with Crippen LogP contribution in [-0.2, 0) is 61.2 Å². The van der Waals surface area contributed by atoms with E-state index in [1.54, 1.807) is 0 Å². The maximum Gasteiger partial charge on any atom is 0.324 e. The highest BCUT2D eigenvalue weighted by molar-refractivity contribution is 5.76. The summed E-state index contributed by atoms with van der Waals surface area (Å²) in [5, 5.41) is 11.5. The largest absolute Gasteiger partial charge is 0.485 e. The van der Waals surface area contributed by atoms with Crippen molar-refractivity contribution in [3.05, 3.63) is 167 Å². The molecular weight excluding hydrogens is 698 g/mol. The standard InChI is InChI=1S/C45H47NO9/c47-43(41-29-49-31-53-41)44(42-30-50-32-54-42)55-45(48)38(46(25-33-13-5-1-6-14-33)26-34-15-7-2-8-16-34)23-37-21-22-39(51-27-35-17-9-3-10-18-35)40(24-37)52-28-36-19-11-4-12-20-36/h1-22,24,38,41-44,47H,23,25-32H2/t38?,41-,42-,43-,44-/m1/s1. The van der Waals surface area contributed by atoms with Gasteiger partial charge in [-0.15, -0.1) is 0 Å². The van der Waals surface area contributed by atoms with Gasteiger partial charge in [0.15, 0.2) is 17.6 Å². The number of benzene rings is 5. The average molecular weight is 746 g/mol. The van der Waals surface area contributed by atoms with E-state index in [1.807, 2.05) is 140 Å². The van der Waals surface area contributed by atoms with Crippen LogP contribution < -0.4 is 9.47 Å². The molecule has 2 aliphatic heterocycles. The van der Waals surface area contributed by atoms with E-state index in [9.17, 15) is 9.90 Å². The number of hydrogen-bond acceptors (Lipinski definition) is 10. The summed E-state index contributed by atoms with van der Waals surface area (Å²) in [6, 6.07) is 45.0. The molecule has 0 aliphatic carbocycles. The van der Waals surface area contributed by atoms with Gasteiger partial charge in [0.25, 0.3) is 0 Å². The molecule has 0 radical (unpaired) electrons. The number of aliphatic hydroxyl groups excluding tert-OH is 1. The Morgan fingerprint density at radius 3 is 1.62 bits per heavy atom. The van der Waals surface area contributed by atoms with E-state index in [2.05, 4.69) is 4.90 Å². The van der Waals surface area contributed by atoms with Gasteiger partial charge in [0, 0.05) is 13.1 Å². The first-order chi connectivity index (χ1) is 27.1. The molecule has 5 aromatic carbocycles. The van der Waals surface area contributed by atoms with Crippen molar-refractivity contribution in [1.29, 1.82) is 0 Å². The molecule has 5 aromatic rings. The van der Waals surface area contributed by atoms with Crippen molar-refractivity contribution in [3.8, 4) is 11.5 Å². The van der Waals surface area contributed by atoms with Crippen LogP contribution >= 0.6 is 0 Å². The Morgan fingerprint density at radius 1 is 0.618 bits per heavy atom. The summed E-state index contributed by atoms with van der Waals surface area (Å²) in [5.74, 6) is 0.639. The summed E-state index contributed by atoms with van der Waals surface area (Å²) in [6.07, 6.45) is -3.35. The summed E-state index contributed by atoms with van der Waals surface area (Å²) >= 11 is 0. The van der Waals surface area contributed by atoms with Crippen LogP contribution in [0.25, 0.3) is 0 Å². The molecule has 0 spiro atoms. The van der Waals surface area contributed by atoms with Gasteiger partial charge in [-0.25, -0.2) is 0 Å². The fraction of sp³-hybridized carbons (Fsp3) is 0.311. The zero-order valence-electron chi connectivity index (χ0n) is 30.7. The summed E-state index contributed by atoms with van der Waals surface area (Å²) in [4.78, 5) is 16.9. The van der Waals surface area contributed by atoms with Crippen LogP contribution in [0, 0.1) is 0 Å². The number of carbonyl (C=O) groups excluding carboxylic acids is 1. The van der Waals surface area contributed by atoms with Crippen LogP contribution in [0.3, 0.4) is 0 Å². The number of rotatable bonds is 18. The first-order valence-electron chi connectivity index (χ1n) is 18.6. The van der Waals surface area contributed by atoms with Crippen LogP contribution in [0.1, 0.15) is 27.8 Å². The normalized spacial score (nSPS) is 18.4. The van der Waals surface area contributed by atoms with E-state index in [4.69, 9.17) is 33.2 Å². The summed E-state index contributed by atoms with van der Waals surface area (Å²) < 4.78 is 41.3. The van der Waals surface area contributed by atoms with Crippen molar-refractivity contribution in [2.45, 2.75) is 63.2 Å². The van der Waals surface area contributed by atoms with Gasteiger partial charge < -0.3 is 38.3 Å². The Balaban J connectivity index is 1.22. The van der Waals surface area contributed by atoms with E-state index in [-0.39, 0.29) is 33.2 Å². The van der Waals surface area contributed by atoms with Gasteiger partial charge in [-0.05, 0) is 46.4 Å². The Labute approximate surface area is 322 Å². The van der Waals surface area contributed by atoms with Crippen LogP contribution in [-0.4, -0.2) is 73.2 Å². The Morgan fingerprint density at radius 2 is 1.11 bits per heavy atom. The van der Waals surface area contributed by atoms with Gasteiger partial charge in [0.2, 0.25) is 0 Å². The molecule has 7 rings (SSSR count). The van der Waals surface area contributed by atoms with Crippen molar-refractivity contribution < 1.29 is 43.1 Å². The third-order valence-electron chi connectivity index (χ3n) is 9.71. The molecule has 55 heavy (non-hydrogen) atoms. The van der Waals surface area contributed by atoms with E-state index in [1.165, 1.54) is 0 Å². The zero-order valence-corrected chi connectivity index (χ0v) is 30.7. The second kappa shape index (κ2) is 19.5. The number of aliphatic hydroxyl groups is 1. The third kappa shape index (κ3) is 10.8. The monoisotopic (exact) mass is 745 g/mol. The molecule has 2 saturated heterocycles. The van der Waals surface area contributed by atoms with Crippen molar-refractivity contribution in [2.75, 3.05) is 26.8 Å². The lowest BCUT2D eigenvalue weighted by Crippen LogP contribution is -2.52. The van der Waals surface area contributed by atoms with Crippen molar-refractivity contribution in [2.24, 2.45) is 0 Å². The maximum absolute atomic E-state index is 14.8. The summed E-state index contributed by atoms with van der Waals surface area (Å²) in [5.41, 5.74) is 4.96. The average Bonchev–Trinajstić information content (AvgIpc) is 3.98. The number of esters is 1. The number of carbonyl (C=O) groups is 1. The minimum Gasteiger partial charge on any atom is -0.485 e. The number of nitrogens with zero attached hydrogens (tertiary/aromatic N) is 1. The first kappa shape index (κ1) is 38.2. The molecule has 0 aromatic heterocycles. The molecule has 10 nitrogen and oxygen atoms in total. The molecule has 0 bridgehead atoms. The molecule has 10 heteroatoms. The van der Waals surface area contributed by atoms with Crippen LogP contribution in [0.15, 0.2) is 140 Å². The highest BCUT2D eigenvalue weighted by Gasteiger charge is 2.43. The minimum absolute atomic E-state index is 0.0372. The highest BCUT2D eigenvalue weighted by Crippen LogP contribution is 2.32. The second-order valence-electron chi connectivity index (χ2n) is 13.7. The lowest BCUT2D eigenvalue weighted by atomic mass is 10.0. The molecule has 1 N–H and O–H groups in total. The minimum atomic E-state index is -1.20. The second-order valence-corrected chi connectivity index (χ2v) is 13.7. The quantitative estimate of drug-likeness (QED) is 0.100. The van der Waals surface area contributed by atoms with Gasteiger partial charge in [0.05, 0.1) is 13.2 Å². The lowest BCUT2D eigenvalue weighted by molar-refractivity contribution is -0.178. The molecule has 2 fully saturated rings. The van der Waals surface area contributed by atoms with E-state index < -0.39 is 36.4 Å².